The van der Waals surface area contributed by atoms with Crippen molar-refractivity contribution < 1.29 is 5.11 Å². The van der Waals surface area contributed by atoms with Crippen LogP contribution in [0.5, 0.6) is 5.75 Å². The van der Waals surface area contributed by atoms with E-state index in [9.17, 15) is 9.90 Å². The standard InChI is InChI=1S/C11H10N2O2/c1-7-6-9(12-13-11(7)15)8-4-2-3-5-10(8)14/h2-6,14H,1H3,(H,13,15). The molecule has 2 rings (SSSR count). The van der Waals surface area contributed by atoms with Crippen molar-refractivity contribution in [2.45, 2.75) is 6.92 Å². The monoisotopic (exact) mass is 202 g/mol. The van der Waals surface area contributed by atoms with Crippen LogP contribution in [0, 0.1) is 6.92 Å². The number of H-pyrrole nitrogens is 1. The number of benzene rings is 1. The molecule has 1 aromatic carbocycles. The van der Waals surface area contributed by atoms with Gasteiger partial charge in [0.2, 0.25) is 0 Å². The second-order valence-electron chi connectivity index (χ2n) is 3.28. The van der Waals surface area contributed by atoms with Gasteiger partial charge in [-0.2, -0.15) is 5.10 Å². The smallest absolute Gasteiger partial charge is 0.267 e. The first-order chi connectivity index (χ1) is 7.18. The van der Waals surface area contributed by atoms with Gasteiger partial charge in [-0.05, 0) is 25.1 Å². The summed E-state index contributed by atoms with van der Waals surface area (Å²) in [5.41, 5.74) is 1.53. The Kier molecular flexibility index (Phi) is 2.25. The molecule has 1 heterocycles. The van der Waals surface area contributed by atoms with E-state index in [0.717, 1.165) is 0 Å². The zero-order chi connectivity index (χ0) is 10.8. The topological polar surface area (TPSA) is 66.0 Å². The lowest BCUT2D eigenvalue weighted by Crippen LogP contribution is -2.11. The fourth-order valence-electron chi connectivity index (χ4n) is 1.33. The van der Waals surface area contributed by atoms with Crippen LogP contribution in [0.25, 0.3) is 11.3 Å². The van der Waals surface area contributed by atoms with Crippen LogP contribution in [0.2, 0.25) is 0 Å². The van der Waals surface area contributed by atoms with Gasteiger partial charge in [0.25, 0.3) is 5.56 Å². The zero-order valence-electron chi connectivity index (χ0n) is 8.19. The fraction of sp³-hybridized carbons (Fsp3) is 0.0909. The van der Waals surface area contributed by atoms with Gasteiger partial charge in [-0.15, -0.1) is 0 Å². The summed E-state index contributed by atoms with van der Waals surface area (Å²) in [5, 5.41) is 15.8. The molecule has 0 aliphatic rings. The minimum atomic E-state index is -0.214. The van der Waals surface area contributed by atoms with Crippen LogP contribution < -0.4 is 5.56 Å². The van der Waals surface area contributed by atoms with Crippen LogP contribution in [-0.4, -0.2) is 15.3 Å². The molecule has 76 valence electrons. The number of rotatable bonds is 1. The number of nitrogens with zero attached hydrogens (tertiary/aromatic N) is 1. The average molecular weight is 202 g/mol. The number of aromatic hydroxyl groups is 1. The SMILES string of the molecule is Cc1cc(-c2ccccc2O)n[nH]c1=O. The molecule has 0 spiro atoms. The van der Waals surface area contributed by atoms with Crippen molar-refractivity contribution in [1.29, 1.82) is 0 Å². The maximum absolute atomic E-state index is 11.1. The lowest BCUT2D eigenvalue weighted by Gasteiger charge is -2.03. The fourth-order valence-corrected chi connectivity index (χ4v) is 1.33. The molecule has 0 saturated heterocycles. The molecule has 4 nitrogen and oxygen atoms in total. The van der Waals surface area contributed by atoms with Crippen molar-refractivity contribution in [1.82, 2.24) is 10.2 Å². The minimum absolute atomic E-state index is 0.149. The van der Waals surface area contributed by atoms with Crippen LogP contribution in [0.1, 0.15) is 5.56 Å². The largest absolute Gasteiger partial charge is 0.507 e. The molecule has 0 atom stereocenters. The first-order valence-corrected chi connectivity index (χ1v) is 4.53. The Labute approximate surface area is 86.2 Å². The third kappa shape index (κ3) is 1.74. The molecule has 0 radical (unpaired) electrons. The molecule has 1 aromatic heterocycles. The maximum Gasteiger partial charge on any atom is 0.267 e. The van der Waals surface area contributed by atoms with Crippen molar-refractivity contribution in [3.8, 4) is 17.0 Å². The molecule has 0 amide bonds. The number of aromatic amines is 1. The van der Waals surface area contributed by atoms with Crippen LogP contribution in [0.15, 0.2) is 35.1 Å². The van der Waals surface area contributed by atoms with Gasteiger partial charge in [-0.25, -0.2) is 5.10 Å². The van der Waals surface area contributed by atoms with Gasteiger partial charge in [-0.1, -0.05) is 12.1 Å². The Morgan fingerprint density at radius 2 is 2.07 bits per heavy atom. The van der Waals surface area contributed by atoms with Gasteiger partial charge in [0, 0.05) is 11.1 Å². The Morgan fingerprint density at radius 3 is 2.73 bits per heavy atom. The predicted molar refractivity (Wildman–Crippen MR) is 56.7 cm³/mol. The third-order valence-electron chi connectivity index (χ3n) is 2.17. The van der Waals surface area contributed by atoms with Crippen LogP contribution in [0.3, 0.4) is 0 Å². The second kappa shape index (κ2) is 3.57. The summed E-state index contributed by atoms with van der Waals surface area (Å²) in [6.07, 6.45) is 0. The number of phenols is 1. The molecule has 0 unspecified atom stereocenters. The van der Waals surface area contributed by atoms with Gasteiger partial charge in [0.15, 0.2) is 0 Å². The summed E-state index contributed by atoms with van der Waals surface area (Å²) in [4.78, 5) is 11.1. The van der Waals surface area contributed by atoms with Crippen LogP contribution in [-0.2, 0) is 0 Å². The zero-order valence-corrected chi connectivity index (χ0v) is 8.19. The highest BCUT2D eigenvalue weighted by Crippen LogP contribution is 2.26. The number of para-hydroxylation sites is 1. The second-order valence-corrected chi connectivity index (χ2v) is 3.28. The van der Waals surface area contributed by atoms with E-state index in [1.54, 1.807) is 37.3 Å². The Morgan fingerprint density at radius 1 is 1.33 bits per heavy atom. The molecule has 4 heteroatoms. The highest BCUT2D eigenvalue weighted by Gasteiger charge is 2.05. The molecule has 0 fully saturated rings. The lowest BCUT2D eigenvalue weighted by molar-refractivity contribution is 0.477. The highest BCUT2D eigenvalue weighted by atomic mass is 16.3. The Bertz CT molecular complexity index is 546. The normalized spacial score (nSPS) is 10.2. The van der Waals surface area contributed by atoms with E-state index >= 15 is 0 Å². The summed E-state index contributed by atoms with van der Waals surface area (Å²) in [6.45, 7) is 1.70. The van der Waals surface area contributed by atoms with Gasteiger partial charge in [0.1, 0.15) is 5.75 Å². The van der Waals surface area contributed by atoms with Crippen molar-refractivity contribution in [2.24, 2.45) is 0 Å². The first-order valence-electron chi connectivity index (χ1n) is 4.53. The molecular formula is C11H10N2O2. The average Bonchev–Trinajstić information content (AvgIpc) is 2.23. The molecule has 0 saturated carbocycles. The Hall–Kier alpha value is -2.10. The lowest BCUT2D eigenvalue weighted by atomic mass is 10.1. The van der Waals surface area contributed by atoms with Crippen molar-refractivity contribution in [2.75, 3.05) is 0 Å². The molecule has 0 aliphatic heterocycles. The first kappa shape index (κ1) is 9.45. The molecular weight excluding hydrogens is 192 g/mol. The molecule has 0 bridgehead atoms. The van der Waals surface area contributed by atoms with Gasteiger partial charge in [-0.3, -0.25) is 4.79 Å². The van der Waals surface area contributed by atoms with Crippen molar-refractivity contribution in [3.63, 3.8) is 0 Å². The number of hydrogen-bond acceptors (Lipinski definition) is 3. The van der Waals surface area contributed by atoms with E-state index in [1.807, 2.05) is 0 Å². The summed E-state index contributed by atoms with van der Waals surface area (Å²) < 4.78 is 0. The highest BCUT2D eigenvalue weighted by molar-refractivity contribution is 5.66. The molecule has 2 aromatic rings. The summed E-state index contributed by atoms with van der Waals surface area (Å²) in [7, 11) is 0. The quantitative estimate of drug-likeness (QED) is 0.735. The minimum Gasteiger partial charge on any atom is -0.507 e. The van der Waals surface area contributed by atoms with E-state index < -0.39 is 0 Å². The number of aryl methyl sites for hydroxylation is 1. The number of phenolic OH excluding ortho intramolecular Hbond substituents is 1. The molecule has 2 N–H and O–H groups in total. The van der Waals surface area contributed by atoms with Crippen LogP contribution in [0.4, 0.5) is 0 Å². The summed E-state index contributed by atoms with van der Waals surface area (Å²) in [6, 6.07) is 8.51. The van der Waals surface area contributed by atoms with E-state index in [0.29, 0.717) is 16.8 Å². The van der Waals surface area contributed by atoms with E-state index in [-0.39, 0.29) is 11.3 Å². The van der Waals surface area contributed by atoms with Gasteiger partial charge < -0.3 is 5.11 Å². The molecule has 0 aliphatic carbocycles. The summed E-state index contributed by atoms with van der Waals surface area (Å²) >= 11 is 0. The van der Waals surface area contributed by atoms with Crippen LogP contribution >= 0.6 is 0 Å². The van der Waals surface area contributed by atoms with E-state index in [1.165, 1.54) is 0 Å². The number of nitrogens with one attached hydrogen (secondary N) is 1. The van der Waals surface area contributed by atoms with Crippen molar-refractivity contribution in [3.05, 3.63) is 46.2 Å². The number of hydrogen-bond donors (Lipinski definition) is 2. The molecule has 15 heavy (non-hydrogen) atoms. The Balaban J connectivity index is 2.60. The maximum atomic E-state index is 11.1. The summed E-state index contributed by atoms with van der Waals surface area (Å²) in [5.74, 6) is 0.149. The van der Waals surface area contributed by atoms with E-state index in [4.69, 9.17) is 0 Å². The van der Waals surface area contributed by atoms with Crippen molar-refractivity contribution >= 4 is 0 Å². The van der Waals surface area contributed by atoms with E-state index in [2.05, 4.69) is 10.2 Å². The predicted octanol–water partition coefficient (Wildman–Crippen LogP) is 1.45. The van der Waals surface area contributed by atoms with Gasteiger partial charge in [0.05, 0.1) is 5.69 Å². The third-order valence-corrected chi connectivity index (χ3v) is 2.17. The number of aromatic nitrogens is 2. The van der Waals surface area contributed by atoms with Gasteiger partial charge >= 0.3 is 0 Å².